The molecule has 0 bridgehead atoms. The second kappa shape index (κ2) is 8.47. The van der Waals surface area contributed by atoms with Crippen LogP contribution in [-0.2, 0) is 4.79 Å². The Labute approximate surface area is 159 Å². The van der Waals surface area contributed by atoms with E-state index in [2.05, 4.69) is 15.1 Å². The van der Waals surface area contributed by atoms with E-state index in [1.54, 1.807) is 17.8 Å². The Morgan fingerprint density at radius 3 is 2.42 bits per heavy atom. The van der Waals surface area contributed by atoms with Gasteiger partial charge in [0.2, 0.25) is 5.91 Å². The van der Waals surface area contributed by atoms with Crippen molar-refractivity contribution < 1.29 is 9.90 Å². The molecule has 0 aliphatic carbocycles. The van der Waals surface area contributed by atoms with Gasteiger partial charge in [-0.3, -0.25) is 9.69 Å². The van der Waals surface area contributed by atoms with Crippen molar-refractivity contribution in [1.29, 1.82) is 0 Å². The standard InChI is InChI=1S/C20H25N3O2S/c1-15(20(25)21-16-7-3-6-10-19(16)26-2)22-11-13-23(14-12-22)17-8-4-5-9-18(17)24/h3-10,15,24H,11-14H2,1-2H3,(H,21,25). The number of hydrogen-bond donors (Lipinski definition) is 2. The molecule has 1 amide bonds. The fourth-order valence-electron chi connectivity index (χ4n) is 3.23. The highest BCUT2D eigenvalue weighted by Crippen LogP contribution is 2.28. The van der Waals surface area contributed by atoms with Gasteiger partial charge in [-0.05, 0) is 37.4 Å². The predicted molar refractivity (Wildman–Crippen MR) is 108 cm³/mol. The lowest BCUT2D eigenvalue weighted by Gasteiger charge is -2.38. The van der Waals surface area contributed by atoms with Crippen molar-refractivity contribution in [3.8, 4) is 5.75 Å². The second-order valence-electron chi connectivity index (χ2n) is 6.38. The number of para-hydroxylation sites is 3. The molecule has 1 aliphatic heterocycles. The number of nitrogens with zero attached hydrogens (tertiary/aromatic N) is 2. The molecule has 5 nitrogen and oxygen atoms in total. The van der Waals surface area contributed by atoms with Gasteiger partial charge in [-0.25, -0.2) is 0 Å². The van der Waals surface area contributed by atoms with Crippen molar-refractivity contribution in [2.75, 3.05) is 42.7 Å². The van der Waals surface area contributed by atoms with E-state index >= 15 is 0 Å². The van der Waals surface area contributed by atoms with Crippen LogP contribution in [0.4, 0.5) is 11.4 Å². The highest BCUT2D eigenvalue weighted by molar-refractivity contribution is 7.98. The van der Waals surface area contributed by atoms with Gasteiger partial charge in [0, 0.05) is 31.1 Å². The van der Waals surface area contributed by atoms with Crippen LogP contribution in [0.3, 0.4) is 0 Å². The molecule has 0 aromatic heterocycles. The number of amides is 1. The monoisotopic (exact) mass is 371 g/mol. The number of nitrogens with one attached hydrogen (secondary N) is 1. The number of carbonyl (C=O) groups is 1. The third-order valence-corrected chi connectivity index (χ3v) is 5.62. The first-order valence-corrected chi connectivity index (χ1v) is 10.0. The van der Waals surface area contributed by atoms with Crippen molar-refractivity contribution >= 4 is 29.0 Å². The molecule has 1 saturated heterocycles. The Hall–Kier alpha value is -2.18. The Balaban J connectivity index is 1.59. The lowest BCUT2D eigenvalue weighted by atomic mass is 10.2. The molecule has 26 heavy (non-hydrogen) atoms. The van der Waals surface area contributed by atoms with Crippen LogP contribution in [0.1, 0.15) is 6.92 Å². The fourth-order valence-corrected chi connectivity index (χ4v) is 3.79. The molecular weight excluding hydrogens is 346 g/mol. The minimum Gasteiger partial charge on any atom is -0.506 e. The normalized spacial score (nSPS) is 16.3. The van der Waals surface area contributed by atoms with E-state index in [9.17, 15) is 9.90 Å². The van der Waals surface area contributed by atoms with Crippen LogP contribution in [-0.4, -0.2) is 54.4 Å². The molecule has 1 fully saturated rings. The summed E-state index contributed by atoms with van der Waals surface area (Å²) < 4.78 is 0. The number of thioether (sulfide) groups is 1. The number of piperazine rings is 1. The lowest BCUT2D eigenvalue weighted by molar-refractivity contribution is -0.120. The zero-order chi connectivity index (χ0) is 18.5. The minimum atomic E-state index is -0.198. The Kier molecular flexibility index (Phi) is 6.06. The van der Waals surface area contributed by atoms with Gasteiger partial charge in [0.25, 0.3) is 0 Å². The molecule has 3 rings (SSSR count). The Morgan fingerprint density at radius 2 is 1.73 bits per heavy atom. The van der Waals surface area contributed by atoms with Gasteiger partial charge in [0.1, 0.15) is 5.75 Å². The summed E-state index contributed by atoms with van der Waals surface area (Å²) in [7, 11) is 0. The maximum Gasteiger partial charge on any atom is 0.241 e. The van der Waals surface area contributed by atoms with Crippen molar-refractivity contribution in [3.63, 3.8) is 0 Å². The van der Waals surface area contributed by atoms with E-state index in [4.69, 9.17) is 0 Å². The molecule has 6 heteroatoms. The molecule has 0 radical (unpaired) electrons. The Morgan fingerprint density at radius 1 is 1.08 bits per heavy atom. The number of phenols is 1. The van der Waals surface area contributed by atoms with Crippen LogP contribution in [0.15, 0.2) is 53.4 Å². The van der Waals surface area contributed by atoms with Crippen LogP contribution < -0.4 is 10.2 Å². The first-order valence-electron chi connectivity index (χ1n) is 8.81. The summed E-state index contributed by atoms with van der Waals surface area (Å²) >= 11 is 1.63. The van der Waals surface area contributed by atoms with Crippen molar-refractivity contribution in [1.82, 2.24) is 4.90 Å². The van der Waals surface area contributed by atoms with Crippen LogP contribution in [0.25, 0.3) is 0 Å². The van der Waals surface area contributed by atoms with E-state index in [1.807, 2.05) is 55.6 Å². The molecule has 138 valence electrons. The van der Waals surface area contributed by atoms with Crippen LogP contribution in [0.5, 0.6) is 5.75 Å². The van der Waals surface area contributed by atoms with Crippen LogP contribution in [0.2, 0.25) is 0 Å². The third kappa shape index (κ3) is 4.14. The van der Waals surface area contributed by atoms with Crippen molar-refractivity contribution in [2.24, 2.45) is 0 Å². The summed E-state index contributed by atoms with van der Waals surface area (Å²) in [6, 6.07) is 15.1. The van der Waals surface area contributed by atoms with Gasteiger partial charge in [-0.1, -0.05) is 24.3 Å². The quantitative estimate of drug-likeness (QED) is 0.790. The summed E-state index contributed by atoms with van der Waals surface area (Å²) in [6.07, 6.45) is 2.01. The van der Waals surface area contributed by atoms with Gasteiger partial charge in [-0.2, -0.15) is 0 Å². The molecule has 0 spiro atoms. The molecular formula is C20H25N3O2S. The van der Waals surface area contributed by atoms with E-state index in [0.29, 0.717) is 5.75 Å². The molecule has 1 unspecified atom stereocenters. The average molecular weight is 372 g/mol. The van der Waals surface area contributed by atoms with Gasteiger partial charge in [-0.15, -0.1) is 11.8 Å². The number of phenolic OH excluding ortho intramolecular Hbond substituents is 1. The lowest BCUT2D eigenvalue weighted by Crippen LogP contribution is -2.52. The molecule has 1 heterocycles. The zero-order valence-electron chi connectivity index (χ0n) is 15.2. The second-order valence-corrected chi connectivity index (χ2v) is 7.23. The maximum atomic E-state index is 12.7. The minimum absolute atomic E-state index is 0.0162. The van der Waals surface area contributed by atoms with E-state index in [-0.39, 0.29) is 11.9 Å². The summed E-state index contributed by atoms with van der Waals surface area (Å²) in [4.78, 5) is 18.1. The molecule has 2 N–H and O–H groups in total. The number of aromatic hydroxyl groups is 1. The average Bonchev–Trinajstić information content (AvgIpc) is 2.68. The topological polar surface area (TPSA) is 55.8 Å². The smallest absolute Gasteiger partial charge is 0.241 e. The molecule has 1 aliphatic rings. The first kappa shape index (κ1) is 18.6. The summed E-state index contributed by atoms with van der Waals surface area (Å²) in [5, 5.41) is 13.1. The van der Waals surface area contributed by atoms with E-state index in [0.717, 1.165) is 42.4 Å². The predicted octanol–water partition coefficient (Wildman–Crippen LogP) is 3.26. The molecule has 1 atom stereocenters. The van der Waals surface area contributed by atoms with Gasteiger partial charge in [0.05, 0.1) is 17.4 Å². The molecule has 2 aromatic carbocycles. The van der Waals surface area contributed by atoms with Gasteiger partial charge in [0.15, 0.2) is 0 Å². The van der Waals surface area contributed by atoms with Crippen molar-refractivity contribution in [3.05, 3.63) is 48.5 Å². The number of rotatable bonds is 5. The summed E-state index contributed by atoms with van der Waals surface area (Å²) in [6.45, 7) is 5.10. The van der Waals surface area contributed by atoms with Crippen molar-refractivity contribution in [2.45, 2.75) is 17.9 Å². The fraction of sp³-hybridized carbons (Fsp3) is 0.350. The number of carbonyl (C=O) groups excluding carboxylic acids is 1. The highest BCUT2D eigenvalue weighted by Gasteiger charge is 2.26. The highest BCUT2D eigenvalue weighted by atomic mass is 32.2. The maximum absolute atomic E-state index is 12.7. The van der Waals surface area contributed by atoms with Crippen LogP contribution in [0, 0.1) is 0 Å². The van der Waals surface area contributed by atoms with Gasteiger partial charge < -0.3 is 15.3 Å². The molecule has 0 saturated carbocycles. The first-order chi connectivity index (χ1) is 12.6. The van der Waals surface area contributed by atoms with Gasteiger partial charge >= 0.3 is 0 Å². The number of anilines is 2. The number of hydrogen-bond acceptors (Lipinski definition) is 5. The SMILES string of the molecule is CSc1ccccc1NC(=O)C(C)N1CCN(c2ccccc2O)CC1. The van der Waals surface area contributed by atoms with E-state index < -0.39 is 0 Å². The summed E-state index contributed by atoms with van der Waals surface area (Å²) in [5.74, 6) is 0.322. The van der Waals surface area contributed by atoms with Crippen LogP contribution >= 0.6 is 11.8 Å². The summed E-state index contributed by atoms with van der Waals surface area (Å²) in [5.41, 5.74) is 1.72. The number of benzene rings is 2. The largest absolute Gasteiger partial charge is 0.506 e. The zero-order valence-corrected chi connectivity index (χ0v) is 16.0. The Bertz CT molecular complexity index is 760. The third-order valence-electron chi connectivity index (χ3n) is 4.83. The molecule has 2 aromatic rings. The van der Waals surface area contributed by atoms with E-state index in [1.165, 1.54) is 0 Å².